The van der Waals surface area contributed by atoms with Gasteiger partial charge >= 0.3 is 5.97 Å². The van der Waals surface area contributed by atoms with Gasteiger partial charge in [0.1, 0.15) is 6.04 Å². The van der Waals surface area contributed by atoms with Gasteiger partial charge in [-0.2, -0.15) is 0 Å². The normalized spacial score (nSPS) is 11.7. The highest BCUT2D eigenvalue weighted by Gasteiger charge is 2.19. The molecule has 0 aliphatic rings. The first kappa shape index (κ1) is 19.2. The van der Waals surface area contributed by atoms with E-state index in [0.717, 1.165) is 4.47 Å². The first-order valence-electron chi connectivity index (χ1n) is 7.29. The fraction of sp³-hybridized carbons (Fsp3) is 0.438. The van der Waals surface area contributed by atoms with Crippen molar-refractivity contribution in [2.45, 2.75) is 26.8 Å². The van der Waals surface area contributed by atoms with Crippen molar-refractivity contribution in [2.24, 2.45) is 5.92 Å². The van der Waals surface area contributed by atoms with E-state index in [-0.39, 0.29) is 18.4 Å². The summed E-state index contributed by atoms with van der Waals surface area (Å²) in [5, 5.41) is 5.17. The minimum Gasteiger partial charge on any atom is -0.454 e. The van der Waals surface area contributed by atoms with E-state index in [1.807, 2.05) is 13.8 Å². The van der Waals surface area contributed by atoms with Crippen molar-refractivity contribution in [2.75, 3.05) is 13.2 Å². The summed E-state index contributed by atoms with van der Waals surface area (Å²) in [5.41, 5.74) is 0.433. The highest BCUT2D eigenvalue weighted by atomic mass is 79.9. The third-order valence-corrected chi connectivity index (χ3v) is 3.39. The van der Waals surface area contributed by atoms with Crippen molar-refractivity contribution in [1.82, 2.24) is 10.6 Å². The second-order valence-corrected chi connectivity index (χ2v) is 6.42. The zero-order valence-corrected chi connectivity index (χ0v) is 15.0. The SMILES string of the molecule is CC(C)CNC(=O)COC(=O)[C@H](C)NC(=O)c1ccc(Br)cc1. The molecule has 23 heavy (non-hydrogen) atoms. The molecular weight excluding hydrogens is 364 g/mol. The summed E-state index contributed by atoms with van der Waals surface area (Å²) in [6, 6.07) is 5.89. The monoisotopic (exact) mass is 384 g/mol. The lowest BCUT2D eigenvalue weighted by Gasteiger charge is -2.14. The van der Waals surface area contributed by atoms with Crippen molar-refractivity contribution < 1.29 is 19.1 Å². The van der Waals surface area contributed by atoms with Crippen LogP contribution in [0.15, 0.2) is 28.7 Å². The van der Waals surface area contributed by atoms with Gasteiger partial charge in [-0.1, -0.05) is 29.8 Å². The Morgan fingerprint density at radius 3 is 2.30 bits per heavy atom. The van der Waals surface area contributed by atoms with Crippen LogP contribution in [0, 0.1) is 5.92 Å². The minimum absolute atomic E-state index is 0.318. The van der Waals surface area contributed by atoms with Crippen LogP contribution in [0.5, 0.6) is 0 Å². The number of benzene rings is 1. The second-order valence-electron chi connectivity index (χ2n) is 5.51. The van der Waals surface area contributed by atoms with E-state index in [4.69, 9.17) is 4.74 Å². The van der Waals surface area contributed by atoms with E-state index < -0.39 is 12.0 Å². The number of carbonyl (C=O) groups excluding carboxylic acids is 3. The van der Waals surface area contributed by atoms with E-state index in [2.05, 4.69) is 26.6 Å². The maximum Gasteiger partial charge on any atom is 0.328 e. The molecule has 0 radical (unpaired) electrons. The number of ether oxygens (including phenoxy) is 1. The molecule has 1 rings (SSSR count). The van der Waals surface area contributed by atoms with Gasteiger partial charge in [0.15, 0.2) is 6.61 Å². The molecule has 0 fully saturated rings. The minimum atomic E-state index is -0.843. The van der Waals surface area contributed by atoms with Crippen molar-refractivity contribution in [3.8, 4) is 0 Å². The molecule has 0 aliphatic heterocycles. The maximum absolute atomic E-state index is 12.0. The number of esters is 1. The standard InChI is InChI=1S/C16H21BrN2O4/c1-10(2)8-18-14(20)9-23-16(22)11(3)19-15(21)12-4-6-13(17)7-5-12/h4-7,10-11H,8-9H2,1-3H3,(H,18,20)(H,19,21)/t11-/m0/s1. The number of carbonyl (C=O) groups is 3. The number of amides is 2. The Hall–Kier alpha value is -1.89. The van der Waals surface area contributed by atoms with Crippen molar-refractivity contribution in [3.63, 3.8) is 0 Å². The molecule has 0 aromatic heterocycles. The summed E-state index contributed by atoms with van der Waals surface area (Å²) >= 11 is 3.28. The van der Waals surface area contributed by atoms with Crippen LogP contribution in [-0.2, 0) is 14.3 Å². The number of halogens is 1. The molecule has 126 valence electrons. The van der Waals surface area contributed by atoms with Gasteiger partial charge in [-0.05, 0) is 37.1 Å². The fourth-order valence-corrected chi connectivity index (χ4v) is 1.84. The third-order valence-electron chi connectivity index (χ3n) is 2.86. The largest absolute Gasteiger partial charge is 0.454 e. The van der Waals surface area contributed by atoms with E-state index in [0.29, 0.717) is 18.0 Å². The van der Waals surface area contributed by atoms with Gasteiger partial charge < -0.3 is 15.4 Å². The van der Waals surface area contributed by atoms with Crippen molar-refractivity contribution in [1.29, 1.82) is 0 Å². The van der Waals surface area contributed by atoms with Gasteiger partial charge in [-0.15, -0.1) is 0 Å². The average Bonchev–Trinajstić information content (AvgIpc) is 2.50. The molecule has 7 heteroatoms. The topological polar surface area (TPSA) is 84.5 Å². The predicted octanol–water partition coefficient (Wildman–Crippen LogP) is 1.88. The van der Waals surface area contributed by atoms with Crippen LogP contribution in [0.3, 0.4) is 0 Å². The maximum atomic E-state index is 12.0. The molecule has 1 aromatic carbocycles. The van der Waals surface area contributed by atoms with Crippen LogP contribution < -0.4 is 10.6 Å². The Morgan fingerprint density at radius 2 is 1.74 bits per heavy atom. The summed E-state index contributed by atoms with van der Waals surface area (Å²) in [4.78, 5) is 35.2. The van der Waals surface area contributed by atoms with Gasteiger partial charge in [0.2, 0.25) is 0 Å². The summed E-state index contributed by atoms with van der Waals surface area (Å²) in [5.74, 6) is -1.08. The van der Waals surface area contributed by atoms with Crippen molar-refractivity contribution >= 4 is 33.7 Å². The Kier molecular flexibility index (Phi) is 7.74. The lowest BCUT2D eigenvalue weighted by Crippen LogP contribution is -2.41. The van der Waals surface area contributed by atoms with Crippen LogP contribution in [-0.4, -0.2) is 37.0 Å². The zero-order chi connectivity index (χ0) is 17.4. The summed E-state index contributed by atoms with van der Waals surface area (Å²) in [7, 11) is 0. The summed E-state index contributed by atoms with van der Waals surface area (Å²) < 4.78 is 5.74. The highest BCUT2D eigenvalue weighted by Crippen LogP contribution is 2.10. The number of nitrogens with one attached hydrogen (secondary N) is 2. The van der Waals surface area contributed by atoms with Crippen LogP contribution in [0.25, 0.3) is 0 Å². The molecule has 0 unspecified atom stereocenters. The molecule has 0 saturated carbocycles. The van der Waals surface area contributed by atoms with Gasteiger partial charge in [0, 0.05) is 16.6 Å². The molecule has 6 nitrogen and oxygen atoms in total. The molecule has 0 bridgehead atoms. The van der Waals surface area contributed by atoms with E-state index in [1.54, 1.807) is 24.3 Å². The number of hydrogen-bond acceptors (Lipinski definition) is 4. The molecule has 1 atom stereocenters. The molecule has 2 N–H and O–H groups in total. The molecule has 0 aliphatic carbocycles. The van der Waals surface area contributed by atoms with Gasteiger partial charge in [-0.3, -0.25) is 9.59 Å². The quantitative estimate of drug-likeness (QED) is 0.702. The van der Waals surface area contributed by atoms with Crippen LogP contribution in [0.2, 0.25) is 0 Å². The highest BCUT2D eigenvalue weighted by molar-refractivity contribution is 9.10. The molecule has 0 saturated heterocycles. The Balaban J connectivity index is 2.40. The molecule has 0 heterocycles. The van der Waals surface area contributed by atoms with Crippen LogP contribution >= 0.6 is 15.9 Å². The van der Waals surface area contributed by atoms with E-state index in [1.165, 1.54) is 6.92 Å². The van der Waals surface area contributed by atoms with Gasteiger partial charge in [-0.25, -0.2) is 4.79 Å². The van der Waals surface area contributed by atoms with Crippen LogP contribution in [0.4, 0.5) is 0 Å². The van der Waals surface area contributed by atoms with Gasteiger partial charge in [0.05, 0.1) is 0 Å². The lowest BCUT2D eigenvalue weighted by atomic mass is 10.2. The van der Waals surface area contributed by atoms with E-state index >= 15 is 0 Å². The zero-order valence-electron chi connectivity index (χ0n) is 13.4. The smallest absolute Gasteiger partial charge is 0.328 e. The molecular formula is C16H21BrN2O4. The van der Waals surface area contributed by atoms with Crippen LogP contribution in [0.1, 0.15) is 31.1 Å². The fourth-order valence-electron chi connectivity index (χ4n) is 1.57. The average molecular weight is 385 g/mol. The first-order chi connectivity index (χ1) is 10.8. The molecule has 2 amide bonds. The third kappa shape index (κ3) is 7.27. The molecule has 0 spiro atoms. The summed E-state index contributed by atoms with van der Waals surface area (Å²) in [6.45, 7) is 5.60. The Labute approximate surface area is 144 Å². The van der Waals surface area contributed by atoms with Gasteiger partial charge in [0.25, 0.3) is 11.8 Å². The number of hydrogen-bond donors (Lipinski definition) is 2. The Morgan fingerprint density at radius 1 is 1.13 bits per heavy atom. The second kappa shape index (κ2) is 9.29. The van der Waals surface area contributed by atoms with Crippen molar-refractivity contribution in [3.05, 3.63) is 34.3 Å². The summed E-state index contributed by atoms with van der Waals surface area (Å²) in [6.07, 6.45) is 0. The number of rotatable bonds is 7. The predicted molar refractivity (Wildman–Crippen MR) is 89.9 cm³/mol. The molecule has 1 aromatic rings. The lowest BCUT2D eigenvalue weighted by molar-refractivity contribution is -0.150. The first-order valence-corrected chi connectivity index (χ1v) is 8.08. The Bertz CT molecular complexity index is 558. The van der Waals surface area contributed by atoms with E-state index in [9.17, 15) is 14.4 Å².